The van der Waals surface area contributed by atoms with Crippen LogP contribution in [-0.2, 0) is 0 Å². The second-order valence-electron chi connectivity index (χ2n) is 3.69. The molecule has 1 aromatic carbocycles. The minimum absolute atomic E-state index is 0.263. The number of halogens is 3. The lowest BCUT2D eigenvalue weighted by Gasteiger charge is -2.08. The minimum atomic E-state index is -0.789. The largest absolute Gasteiger partial charge is 0.213 e. The van der Waals surface area contributed by atoms with Gasteiger partial charge >= 0.3 is 0 Å². The standard InChI is InChI=1S/C12H9Cl2FN2/c1-6-4-3-5-8(7(6)2)12-16-10(13)9(15)11(14)17-12/h3-5H,1-2H3. The summed E-state index contributed by atoms with van der Waals surface area (Å²) in [5, 5.41) is -0.526. The highest BCUT2D eigenvalue weighted by atomic mass is 35.5. The van der Waals surface area contributed by atoms with Crippen molar-refractivity contribution in [2.75, 3.05) is 0 Å². The first-order valence-electron chi connectivity index (χ1n) is 4.96. The van der Waals surface area contributed by atoms with E-state index in [-0.39, 0.29) is 10.3 Å². The van der Waals surface area contributed by atoms with Gasteiger partial charge in [-0.1, -0.05) is 41.4 Å². The number of benzene rings is 1. The minimum Gasteiger partial charge on any atom is -0.213 e. The molecule has 0 aliphatic rings. The summed E-state index contributed by atoms with van der Waals surface area (Å²) >= 11 is 11.3. The maximum absolute atomic E-state index is 13.2. The van der Waals surface area contributed by atoms with Gasteiger partial charge in [0.25, 0.3) is 0 Å². The molecule has 2 nitrogen and oxygen atoms in total. The van der Waals surface area contributed by atoms with Gasteiger partial charge in [-0.05, 0) is 25.0 Å². The molecule has 0 fully saturated rings. The van der Waals surface area contributed by atoms with Gasteiger partial charge in [-0.15, -0.1) is 0 Å². The van der Waals surface area contributed by atoms with Crippen LogP contribution < -0.4 is 0 Å². The molecule has 0 saturated heterocycles. The first-order valence-corrected chi connectivity index (χ1v) is 5.71. The van der Waals surface area contributed by atoms with E-state index >= 15 is 0 Å². The Hall–Kier alpha value is -1.19. The molecule has 0 saturated carbocycles. The van der Waals surface area contributed by atoms with Gasteiger partial charge in [0.1, 0.15) is 0 Å². The van der Waals surface area contributed by atoms with Gasteiger partial charge < -0.3 is 0 Å². The monoisotopic (exact) mass is 270 g/mol. The highest BCUT2D eigenvalue weighted by molar-refractivity contribution is 6.33. The Labute approximate surface area is 108 Å². The van der Waals surface area contributed by atoms with Crippen molar-refractivity contribution in [3.05, 3.63) is 45.4 Å². The summed E-state index contributed by atoms with van der Waals surface area (Å²) in [5.41, 5.74) is 2.92. The van der Waals surface area contributed by atoms with E-state index in [1.165, 1.54) is 0 Å². The van der Waals surface area contributed by atoms with E-state index in [0.29, 0.717) is 5.82 Å². The van der Waals surface area contributed by atoms with Gasteiger partial charge in [0.15, 0.2) is 21.9 Å². The first kappa shape index (κ1) is 12.3. The molecule has 0 amide bonds. The summed E-state index contributed by atoms with van der Waals surface area (Å²) in [5.74, 6) is -0.454. The maximum Gasteiger partial charge on any atom is 0.197 e. The normalized spacial score (nSPS) is 10.6. The fourth-order valence-electron chi connectivity index (χ4n) is 1.51. The van der Waals surface area contributed by atoms with Crippen LogP contribution in [0.3, 0.4) is 0 Å². The zero-order chi connectivity index (χ0) is 12.6. The van der Waals surface area contributed by atoms with Crippen LogP contribution in [0.4, 0.5) is 4.39 Å². The average Bonchev–Trinajstić information content (AvgIpc) is 2.29. The van der Waals surface area contributed by atoms with E-state index in [9.17, 15) is 4.39 Å². The SMILES string of the molecule is Cc1cccc(-c2nc(Cl)c(F)c(Cl)n2)c1C. The predicted molar refractivity (Wildman–Crippen MR) is 66.9 cm³/mol. The topological polar surface area (TPSA) is 25.8 Å². The Morgan fingerprint density at radius 3 is 2.24 bits per heavy atom. The molecule has 0 radical (unpaired) electrons. The van der Waals surface area contributed by atoms with E-state index in [1.807, 2.05) is 32.0 Å². The van der Waals surface area contributed by atoms with Crippen LogP contribution in [0.15, 0.2) is 18.2 Å². The summed E-state index contributed by atoms with van der Waals surface area (Å²) in [7, 11) is 0. The van der Waals surface area contributed by atoms with Crippen molar-refractivity contribution >= 4 is 23.2 Å². The summed E-state index contributed by atoms with van der Waals surface area (Å²) in [6.45, 7) is 3.92. The van der Waals surface area contributed by atoms with Gasteiger partial charge in [-0.2, -0.15) is 0 Å². The van der Waals surface area contributed by atoms with Crippen molar-refractivity contribution in [2.45, 2.75) is 13.8 Å². The summed E-state index contributed by atoms with van der Waals surface area (Å²) < 4.78 is 13.2. The molecule has 0 N–H and O–H groups in total. The lowest BCUT2D eigenvalue weighted by Crippen LogP contribution is -1.97. The maximum atomic E-state index is 13.2. The van der Waals surface area contributed by atoms with Crippen LogP contribution in [0.2, 0.25) is 10.3 Å². The molecule has 1 heterocycles. The van der Waals surface area contributed by atoms with Crippen molar-refractivity contribution in [3.63, 3.8) is 0 Å². The third-order valence-electron chi connectivity index (χ3n) is 2.62. The van der Waals surface area contributed by atoms with E-state index in [4.69, 9.17) is 23.2 Å². The number of nitrogens with zero attached hydrogens (tertiary/aromatic N) is 2. The van der Waals surface area contributed by atoms with E-state index < -0.39 is 5.82 Å². The zero-order valence-electron chi connectivity index (χ0n) is 9.26. The second kappa shape index (κ2) is 4.59. The quantitative estimate of drug-likeness (QED) is 0.726. The number of hydrogen-bond acceptors (Lipinski definition) is 2. The van der Waals surface area contributed by atoms with Crippen LogP contribution in [0, 0.1) is 19.7 Å². The Morgan fingerprint density at radius 1 is 1.06 bits per heavy atom. The van der Waals surface area contributed by atoms with Crippen molar-refractivity contribution in [2.24, 2.45) is 0 Å². The van der Waals surface area contributed by atoms with Gasteiger partial charge in [-0.3, -0.25) is 0 Å². The Balaban J connectivity index is 2.65. The number of hydrogen-bond donors (Lipinski definition) is 0. The number of aromatic nitrogens is 2. The van der Waals surface area contributed by atoms with Crippen molar-refractivity contribution < 1.29 is 4.39 Å². The van der Waals surface area contributed by atoms with Crippen molar-refractivity contribution in [1.29, 1.82) is 0 Å². The van der Waals surface area contributed by atoms with Gasteiger partial charge in [-0.25, -0.2) is 14.4 Å². The molecule has 0 aliphatic heterocycles. The summed E-state index contributed by atoms with van der Waals surface area (Å²) in [4.78, 5) is 7.80. The lowest BCUT2D eigenvalue weighted by molar-refractivity contribution is 0.615. The summed E-state index contributed by atoms with van der Waals surface area (Å²) in [6, 6.07) is 5.71. The van der Waals surface area contributed by atoms with Crippen molar-refractivity contribution in [3.8, 4) is 11.4 Å². The van der Waals surface area contributed by atoms with E-state index in [1.54, 1.807) is 0 Å². The third kappa shape index (κ3) is 2.26. The van der Waals surface area contributed by atoms with Crippen molar-refractivity contribution in [1.82, 2.24) is 9.97 Å². The fraction of sp³-hybridized carbons (Fsp3) is 0.167. The molecule has 1 aromatic heterocycles. The molecule has 5 heteroatoms. The van der Waals surface area contributed by atoms with Crippen LogP contribution in [-0.4, -0.2) is 9.97 Å². The predicted octanol–water partition coefficient (Wildman–Crippen LogP) is 4.21. The van der Waals surface area contributed by atoms with Crippen LogP contribution in [0.1, 0.15) is 11.1 Å². The zero-order valence-corrected chi connectivity index (χ0v) is 10.8. The Morgan fingerprint density at radius 2 is 1.65 bits per heavy atom. The highest BCUT2D eigenvalue weighted by Crippen LogP contribution is 2.27. The molecule has 0 spiro atoms. The molecule has 0 aliphatic carbocycles. The van der Waals surface area contributed by atoms with Crippen LogP contribution in [0.25, 0.3) is 11.4 Å². The summed E-state index contributed by atoms with van der Waals surface area (Å²) in [6.07, 6.45) is 0. The Bertz CT molecular complexity index is 562. The molecule has 88 valence electrons. The van der Waals surface area contributed by atoms with Gasteiger partial charge in [0.2, 0.25) is 0 Å². The second-order valence-corrected chi connectivity index (χ2v) is 4.41. The molecule has 0 bridgehead atoms. The molecule has 0 atom stereocenters. The molecule has 2 rings (SSSR count). The fourth-order valence-corrected chi connectivity index (χ4v) is 1.90. The first-order chi connectivity index (χ1) is 8.00. The van der Waals surface area contributed by atoms with Gasteiger partial charge in [0, 0.05) is 5.56 Å². The van der Waals surface area contributed by atoms with Crippen LogP contribution >= 0.6 is 23.2 Å². The Kier molecular flexibility index (Phi) is 3.31. The third-order valence-corrected chi connectivity index (χ3v) is 3.12. The number of rotatable bonds is 1. The molecule has 0 unspecified atom stereocenters. The smallest absolute Gasteiger partial charge is 0.197 e. The number of aryl methyl sites for hydroxylation is 1. The lowest BCUT2D eigenvalue weighted by atomic mass is 10.0. The average molecular weight is 271 g/mol. The van der Waals surface area contributed by atoms with E-state index in [0.717, 1.165) is 16.7 Å². The molecular formula is C12H9Cl2FN2. The van der Waals surface area contributed by atoms with Gasteiger partial charge in [0.05, 0.1) is 0 Å². The highest BCUT2D eigenvalue weighted by Gasteiger charge is 2.14. The van der Waals surface area contributed by atoms with E-state index in [2.05, 4.69) is 9.97 Å². The molecule has 17 heavy (non-hydrogen) atoms. The molecular weight excluding hydrogens is 262 g/mol. The van der Waals surface area contributed by atoms with Crippen LogP contribution in [0.5, 0.6) is 0 Å². The molecule has 2 aromatic rings.